The average molecular weight is 376 g/mol. The Morgan fingerprint density at radius 1 is 1.27 bits per heavy atom. The van der Waals surface area contributed by atoms with E-state index >= 15 is 0 Å². The Morgan fingerprint density at radius 3 is 2.81 bits per heavy atom. The maximum absolute atomic E-state index is 12.3. The summed E-state index contributed by atoms with van der Waals surface area (Å²) in [5.74, 6) is 0.692. The predicted octanol–water partition coefficient (Wildman–Crippen LogP) is 1.15. The third kappa shape index (κ3) is 3.66. The van der Waals surface area contributed by atoms with E-state index in [-0.39, 0.29) is 19.0 Å². The number of nitrogens with zero attached hydrogens (tertiary/aromatic N) is 8. The van der Waals surface area contributed by atoms with E-state index in [4.69, 9.17) is 4.74 Å². The van der Waals surface area contributed by atoms with Crippen LogP contribution in [-0.2, 0) is 29.1 Å². The van der Waals surface area contributed by atoms with Gasteiger partial charge >= 0.3 is 5.97 Å². The molecule has 3 heterocycles. The Hall–Kier alpha value is -2.56. The average Bonchev–Trinajstić information content (AvgIpc) is 3.23. The van der Waals surface area contributed by atoms with Crippen LogP contribution in [0, 0.1) is 13.8 Å². The molecule has 11 heteroatoms. The largest absolute Gasteiger partial charge is 0.457 e. The van der Waals surface area contributed by atoms with Crippen molar-refractivity contribution in [3.8, 4) is 0 Å². The SMILES string of the molecule is CCCn1nnnc1COC(=O)Cc1c(C)nc2nc(SC)nn2c1C. The lowest BCUT2D eigenvalue weighted by atomic mass is 10.1. The molecule has 0 saturated heterocycles. The second kappa shape index (κ2) is 7.77. The third-order valence-corrected chi connectivity index (χ3v) is 4.48. The Balaban J connectivity index is 1.73. The van der Waals surface area contributed by atoms with Crippen molar-refractivity contribution in [2.75, 3.05) is 6.26 Å². The number of aryl methyl sites for hydroxylation is 3. The van der Waals surface area contributed by atoms with E-state index in [2.05, 4.69) is 30.6 Å². The monoisotopic (exact) mass is 376 g/mol. The zero-order chi connectivity index (χ0) is 18.7. The van der Waals surface area contributed by atoms with Gasteiger partial charge in [0, 0.05) is 23.5 Å². The second-order valence-electron chi connectivity index (χ2n) is 5.73. The Morgan fingerprint density at radius 2 is 2.08 bits per heavy atom. The minimum atomic E-state index is -0.367. The first-order valence-electron chi connectivity index (χ1n) is 8.21. The molecule has 0 amide bonds. The molecule has 0 aliphatic heterocycles. The number of thioether (sulfide) groups is 1. The lowest BCUT2D eigenvalue weighted by Gasteiger charge is -2.10. The molecule has 0 saturated carbocycles. The van der Waals surface area contributed by atoms with Crippen LogP contribution in [0.1, 0.15) is 36.1 Å². The molecule has 0 radical (unpaired) electrons. The molecule has 0 N–H and O–H groups in total. The van der Waals surface area contributed by atoms with Crippen molar-refractivity contribution in [2.45, 2.75) is 51.9 Å². The molecule has 3 aromatic heterocycles. The number of rotatable bonds is 7. The summed E-state index contributed by atoms with van der Waals surface area (Å²) in [5.41, 5.74) is 2.35. The number of fused-ring (bicyclic) bond motifs is 1. The fourth-order valence-corrected chi connectivity index (χ4v) is 2.92. The maximum atomic E-state index is 12.3. The van der Waals surface area contributed by atoms with Gasteiger partial charge in [0.25, 0.3) is 5.78 Å². The minimum absolute atomic E-state index is 0.0412. The van der Waals surface area contributed by atoms with Crippen molar-refractivity contribution < 1.29 is 9.53 Å². The first-order valence-corrected chi connectivity index (χ1v) is 9.43. The molecule has 26 heavy (non-hydrogen) atoms. The van der Waals surface area contributed by atoms with Crippen LogP contribution in [-0.4, -0.2) is 52.0 Å². The van der Waals surface area contributed by atoms with E-state index in [1.54, 1.807) is 9.20 Å². The molecule has 10 nitrogen and oxygen atoms in total. The molecule has 0 aliphatic rings. The first kappa shape index (κ1) is 18.2. The van der Waals surface area contributed by atoms with Gasteiger partial charge in [0.15, 0.2) is 12.4 Å². The van der Waals surface area contributed by atoms with Crippen molar-refractivity contribution >= 4 is 23.5 Å². The minimum Gasteiger partial charge on any atom is -0.457 e. The zero-order valence-corrected chi connectivity index (χ0v) is 15.9. The van der Waals surface area contributed by atoms with E-state index in [0.717, 1.165) is 23.4 Å². The Labute approximate surface area is 154 Å². The molecule has 0 atom stereocenters. The molecule has 0 spiro atoms. The molecule has 0 aromatic carbocycles. The third-order valence-electron chi connectivity index (χ3n) is 3.94. The highest BCUT2D eigenvalue weighted by Gasteiger charge is 2.17. The van der Waals surface area contributed by atoms with Gasteiger partial charge in [0.05, 0.1) is 6.42 Å². The van der Waals surface area contributed by atoms with Crippen molar-refractivity contribution in [3.05, 3.63) is 22.8 Å². The van der Waals surface area contributed by atoms with Crippen LogP contribution in [0.25, 0.3) is 5.78 Å². The second-order valence-corrected chi connectivity index (χ2v) is 6.50. The quantitative estimate of drug-likeness (QED) is 0.442. The summed E-state index contributed by atoms with van der Waals surface area (Å²) < 4.78 is 8.64. The summed E-state index contributed by atoms with van der Waals surface area (Å²) in [6, 6.07) is 0. The van der Waals surface area contributed by atoms with Crippen LogP contribution in [0.4, 0.5) is 0 Å². The summed E-state index contributed by atoms with van der Waals surface area (Å²) in [6.07, 6.45) is 2.90. The summed E-state index contributed by atoms with van der Waals surface area (Å²) in [6.45, 7) is 6.50. The highest BCUT2D eigenvalue weighted by Crippen LogP contribution is 2.17. The summed E-state index contributed by atoms with van der Waals surface area (Å²) >= 11 is 1.44. The van der Waals surface area contributed by atoms with Crippen LogP contribution in [0.15, 0.2) is 5.16 Å². The summed E-state index contributed by atoms with van der Waals surface area (Å²) in [5, 5.41) is 16.4. The van der Waals surface area contributed by atoms with Gasteiger partial charge in [-0.1, -0.05) is 18.7 Å². The van der Waals surface area contributed by atoms with Crippen LogP contribution in [0.3, 0.4) is 0 Å². The number of tetrazole rings is 1. The molecule has 0 unspecified atom stereocenters. The van der Waals surface area contributed by atoms with Gasteiger partial charge in [-0.25, -0.2) is 14.2 Å². The van der Waals surface area contributed by atoms with E-state index < -0.39 is 0 Å². The summed E-state index contributed by atoms with van der Waals surface area (Å²) in [4.78, 5) is 21.1. The maximum Gasteiger partial charge on any atom is 0.310 e. The normalized spacial score (nSPS) is 11.2. The lowest BCUT2D eigenvalue weighted by molar-refractivity contribution is -0.144. The predicted molar refractivity (Wildman–Crippen MR) is 93.6 cm³/mol. The van der Waals surface area contributed by atoms with Crippen LogP contribution in [0.5, 0.6) is 0 Å². The number of hydrogen-bond acceptors (Lipinski definition) is 9. The van der Waals surface area contributed by atoms with Crippen molar-refractivity contribution in [3.63, 3.8) is 0 Å². The van der Waals surface area contributed by atoms with Crippen LogP contribution in [0.2, 0.25) is 0 Å². The van der Waals surface area contributed by atoms with Crippen LogP contribution >= 0.6 is 11.8 Å². The molecular weight excluding hydrogens is 356 g/mol. The van der Waals surface area contributed by atoms with Gasteiger partial charge in [-0.05, 0) is 37.0 Å². The molecule has 138 valence electrons. The number of esters is 1. The van der Waals surface area contributed by atoms with Crippen molar-refractivity contribution in [1.29, 1.82) is 0 Å². The van der Waals surface area contributed by atoms with Crippen molar-refractivity contribution in [1.82, 2.24) is 39.8 Å². The number of carbonyl (C=O) groups is 1. The van der Waals surface area contributed by atoms with E-state index in [1.807, 2.05) is 27.0 Å². The topological polar surface area (TPSA) is 113 Å². The Kier molecular flexibility index (Phi) is 5.45. The van der Waals surface area contributed by atoms with Gasteiger partial charge < -0.3 is 4.74 Å². The fraction of sp³-hybridized carbons (Fsp3) is 0.533. The number of aromatic nitrogens is 8. The van der Waals surface area contributed by atoms with Gasteiger partial charge in [-0.2, -0.15) is 4.98 Å². The first-order chi connectivity index (χ1) is 12.5. The molecule has 0 aliphatic carbocycles. The highest BCUT2D eigenvalue weighted by molar-refractivity contribution is 7.98. The lowest BCUT2D eigenvalue weighted by Crippen LogP contribution is -2.15. The van der Waals surface area contributed by atoms with E-state index in [9.17, 15) is 4.79 Å². The standard InChI is InChI=1S/C15H20N8O2S/c1-5-6-22-12(18-20-21-22)8-25-13(24)7-11-9(2)16-14-17-15(26-4)19-23(14)10(11)3/h5-8H2,1-4H3. The fourth-order valence-electron chi connectivity index (χ4n) is 2.58. The van der Waals surface area contributed by atoms with E-state index in [1.165, 1.54) is 11.8 Å². The smallest absolute Gasteiger partial charge is 0.310 e. The van der Waals surface area contributed by atoms with Gasteiger partial charge in [0.1, 0.15) is 0 Å². The zero-order valence-electron chi connectivity index (χ0n) is 15.1. The molecule has 3 rings (SSSR count). The number of ether oxygens (including phenoxy) is 1. The van der Waals surface area contributed by atoms with Gasteiger partial charge in [-0.3, -0.25) is 4.79 Å². The molecule has 0 fully saturated rings. The van der Waals surface area contributed by atoms with Gasteiger partial charge in [0.2, 0.25) is 5.16 Å². The van der Waals surface area contributed by atoms with Crippen molar-refractivity contribution in [2.24, 2.45) is 0 Å². The highest BCUT2D eigenvalue weighted by atomic mass is 32.2. The number of hydrogen-bond donors (Lipinski definition) is 0. The molecule has 3 aromatic rings. The van der Waals surface area contributed by atoms with Crippen LogP contribution < -0.4 is 0 Å². The summed E-state index contributed by atoms with van der Waals surface area (Å²) in [7, 11) is 0. The van der Waals surface area contributed by atoms with E-state index in [0.29, 0.717) is 23.3 Å². The Bertz CT molecular complexity index is 935. The van der Waals surface area contributed by atoms with Gasteiger partial charge in [-0.15, -0.1) is 10.2 Å². The molecule has 0 bridgehead atoms. The molecular formula is C15H20N8O2S. The number of carbonyl (C=O) groups excluding carboxylic acids is 1.